The van der Waals surface area contributed by atoms with Crippen molar-refractivity contribution in [2.24, 2.45) is 0 Å². The van der Waals surface area contributed by atoms with Gasteiger partial charge in [-0.3, -0.25) is 4.79 Å². The molecule has 0 unspecified atom stereocenters. The average molecular weight is 429 g/mol. The Morgan fingerprint density at radius 3 is 2.56 bits per heavy atom. The first-order chi connectivity index (χ1) is 15.6. The molecule has 7 heteroatoms. The van der Waals surface area contributed by atoms with Crippen LogP contribution in [0.15, 0.2) is 85.1 Å². The topological polar surface area (TPSA) is 73.3 Å². The molecule has 1 amide bonds. The van der Waals surface area contributed by atoms with E-state index >= 15 is 0 Å². The number of hydrogen-bond donors (Lipinski definition) is 1. The molecule has 0 aliphatic rings. The number of carbonyl (C=O) groups excluding carboxylic acids is 1. The molecule has 0 atom stereocenters. The summed E-state index contributed by atoms with van der Waals surface area (Å²) in [6.45, 7) is 0.295. The third-order valence-electron chi connectivity index (χ3n) is 4.64. The Morgan fingerprint density at radius 1 is 0.969 bits per heavy atom. The van der Waals surface area contributed by atoms with E-state index in [1.807, 2.05) is 18.2 Å². The first kappa shape index (κ1) is 21.0. The van der Waals surface area contributed by atoms with Crippen molar-refractivity contribution < 1.29 is 18.7 Å². The minimum Gasteiger partial charge on any atom is -0.497 e. The summed E-state index contributed by atoms with van der Waals surface area (Å²) in [6.07, 6.45) is 1.60. The van der Waals surface area contributed by atoms with Gasteiger partial charge in [0, 0.05) is 36.0 Å². The standard InChI is InChI=1S/C25H20FN3O3/c1-31-21-6-3-7-22(15-21)32-23-12-13-27-24(29-23)18-4-2-5-19(14-18)25(30)28-16-17-8-10-20(26)11-9-17/h2-15H,16H2,1H3,(H,28,30). The molecule has 0 saturated heterocycles. The Bertz CT molecular complexity index is 1230. The number of methoxy groups -OCH3 is 1. The number of hydrogen-bond acceptors (Lipinski definition) is 5. The summed E-state index contributed by atoms with van der Waals surface area (Å²) in [7, 11) is 1.59. The van der Waals surface area contributed by atoms with Gasteiger partial charge in [-0.1, -0.05) is 30.3 Å². The van der Waals surface area contributed by atoms with Crippen molar-refractivity contribution in [3.05, 3.63) is 102 Å². The van der Waals surface area contributed by atoms with Gasteiger partial charge in [0.1, 0.15) is 17.3 Å². The van der Waals surface area contributed by atoms with Gasteiger partial charge in [-0.05, 0) is 42.0 Å². The molecule has 6 nitrogen and oxygen atoms in total. The number of rotatable bonds is 7. The van der Waals surface area contributed by atoms with Crippen molar-refractivity contribution in [1.82, 2.24) is 15.3 Å². The van der Waals surface area contributed by atoms with E-state index in [1.165, 1.54) is 12.1 Å². The minimum atomic E-state index is -0.314. The fourth-order valence-electron chi connectivity index (χ4n) is 3.01. The number of carbonyl (C=O) groups is 1. The molecule has 0 radical (unpaired) electrons. The molecule has 0 aliphatic carbocycles. The van der Waals surface area contributed by atoms with E-state index in [9.17, 15) is 9.18 Å². The van der Waals surface area contributed by atoms with Gasteiger partial charge in [0.05, 0.1) is 7.11 Å². The smallest absolute Gasteiger partial charge is 0.251 e. The zero-order valence-corrected chi connectivity index (χ0v) is 17.3. The van der Waals surface area contributed by atoms with Gasteiger partial charge in [0.25, 0.3) is 5.91 Å². The van der Waals surface area contributed by atoms with Crippen molar-refractivity contribution in [3.63, 3.8) is 0 Å². The lowest BCUT2D eigenvalue weighted by atomic mass is 10.1. The molecule has 4 rings (SSSR count). The molecule has 1 aromatic heterocycles. The number of ether oxygens (including phenoxy) is 2. The van der Waals surface area contributed by atoms with Crippen LogP contribution in [0.5, 0.6) is 17.4 Å². The number of nitrogens with one attached hydrogen (secondary N) is 1. The van der Waals surface area contributed by atoms with Gasteiger partial charge in [-0.2, -0.15) is 4.98 Å². The Kier molecular flexibility index (Phi) is 6.36. The lowest BCUT2D eigenvalue weighted by Crippen LogP contribution is -2.22. The van der Waals surface area contributed by atoms with E-state index < -0.39 is 0 Å². The SMILES string of the molecule is COc1cccc(Oc2ccnc(-c3cccc(C(=O)NCc4ccc(F)cc4)c3)n2)c1. The number of aromatic nitrogens is 2. The van der Waals surface area contributed by atoms with Crippen molar-refractivity contribution in [1.29, 1.82) is 0 Å². The fraction of sp³-hybridized carbons (Fsp3) is 0.0800. The second kappa shape index (κ2) is 9.70. The molecule has 4 aromatic rings. The molecular weight excluding hydrogens is 409 g/mol. The van der Waals surface area contributed by atoms with Gasteiger partial charge < -0.3 is 14.8 Å². The number of benzene rings is 3. The molecule has 0 spiro atoms. The molecule has 1 heterocycles. The highest BCUT2D eigenvalue weighted by Crippen LogP contribution is 2.25. The van der Waals surface area contributed by atoms with Crippen LogP contribution < -0.4 is 14.8 Å². The Labute approximate surface area is 184 Å². The Balaban J connectivity index is 1.48. The minimum absolute atomic E-state index is 0.250. The van der Waals surface area contributed by atoms with E-state index in [2.05, 4.69) is 15.3 Å². The number of nitrogens with zero attached hydrogens (tertiary/aromatic N) is 2. The lowest BCUT2D eigenvalue weighted by Gasteiger charge is -2.09. The molecule has 32 heavy (non-hydrogen) atoms. The molecule has 1 N–H and O–H groups in total. The van der Waals surface area contributed by atoms with Crippen LogP contribution in [0.1, 0.15) is 15.9 Å². The summed E-state index contributed by atoms with van der Waals surface area (Å²) in [5, 5.41) is 2.83. The first-order valence-electron chi connectivity index (χ1n) is 9.89. The van der Waals surface area contributed by atoms with Gasteiger partial charge in [-0.25, -0.2) is 9.37 Å². The largest absolute Gasteiger partial charge is 0.497 e. The van der Waals surface area contributed by atoms with Crippen molar-refractivity contribution in [2.75, 3.05) is 7.11 Å². The monoisotopic (exact) mass is 429 g/mol. The third kappa shape index (κ3) is 5.26. The molecular formula is C25H20FN3O3. The summed E-state index contributed by atoms with van der Waals surface area (Å²) >= 11 is 0. The number of halogens is 1. The highest BCUT2D eigenvalue weighted by Gasteiger charge is 2.10. The zero-order valence-electron chi connectivity index (χ0n) is 17.3. The van der Waals surface area contributed by atoms with E-state index in [1.54, 1.807) is 61.8 Å². The first-order valence-corrected chi connectivity index (χ1v) is 9.89. The molecule has 3 aromatic carbocycles. The van der Waals surface area contributed by atoms with Crippen LogP contribution >= 0.6 is 0 Å². The lowest BCUT2D eigenvalue weighted by molar-refractivity contribution is 0.0951. The van der Waals surface area contributed by atoms with Crippen LogP contribution in [-0.2, 0) is 6.54 Å². The van der Waals surface area contributed by atoms with Crippen LogP contribution in [0.4, 0.5) is 4.39 Å². The summed E-state index contributed by atoms with van der Waals surface area (Å²) < 4.78 is 24.1. The quantitative estimate of drug-likeness (QED) is 0.447. The predicted octanol–water partition coefficient (Wildman–Crippen LogP) is 5.01. The maximum Gasteiger partial charge on any atom is 0.251 e. The van der Waals surface area contributed by atoms with Crippen LogP contribution in [0.2, 0.25) is 0 Å². The van der Waals surface area contributed by atoms with E-state index in [-0.39, 0.29) is 11.7 Å². The number of amides is 1. The van der Waals surface area contributed by atoms with Crippen LogP contribution in [0.25, 0.3) is 11.4 Å². The Hall–Kier alpha value is -4.26. The predicted molar refractivity (Wildman–Crippen MR) is 118 cm³/mol. The van der Waals surface area contributed by atoms with Gasteiger partial charge >= 0.3 is 0 Å². The molecule has 0 fully saturated rings. The van der Waals surface area contributed by atoms with Crippen molar-refractivity contribution >= 4 is 5.91 Å². The van der Waals surface area contributed by atoms with Gasteiger partial charge in [0.2, 0.25) is 5.88 Å². The normalized spacial score (nSPS) is 10.4. The highest BCUT2D eigenvalue weighted by atomic mass is 19.1. The summed E-state index contributed by atoms with van der Waals surface area (Å²) in [5.41, 5.74) is 1.95. The second-order valence-electron chi connectivity index (χ2n) is 6.89. The molecule has 160 valence electrons. The van der Waals surface area contributed by atoms with Crippen molar-refractivity contribution in [2.45, 2.75) is 6.54 Å². The van der Waals surface area contributed by atoms with E-state index in [0.29, 0.717) is 40.9 Å². The van der Waals surface area contributed by atoms with Crippen molar-refractivity contribution in [3.8, 4) is 28.8 Å². The van der Waals surface area contributed by atoms with Crippen LogP contribution in [-0.4, -0.2) is 23.0 Å². The zero-order chi connectivity index (χ0) is 22.3. The fourth-order valence-corrected chi connectivity index (χ4v) is 3.01. The maximum absolute atomic E-state index is 13.0. The van der Waals surface area contributed by atoms with Gasteiger partial charge in [0.15, 0.2) is 5.82 Å². The summed E-state index contributed by atoms with van der Waals surface area (Å²) in [6, 6.07) is 21.9. The third-order valence-corrected chi connectivity index (χ3v) is 4.64. The van der Waals surface area contributed by atoms with E-state index in [0.717, 1.165) is 5.56 Å². The second-order valence-corrected chi connectivity index (χ2v) is 6.89. The van der Waals surface area contributed by atoms with E-state index in [4.69, 9.17) is 9.47 Å². The summed E-state index contributed by atoms with van der Waals surface area (Å²) in [5.74, 6) is 1.50. The average Bonchev–Trinajstić information content (AvgIpc) is 2.84. The summed E-state index contributed by atoms with van der Waals surface area (Å²) in [4.78, 5) is 21.3. The maximum atomic E-state index is 13.0. The molecule has 0 bridgehead atoms. The highest BCUT2D eigenvalue weighted by molar-refractivity contribution is 5.95. The van der Waals surface area contributed by atoms with Crippen LogP contribution in [0, 0.1) is 5.82 Å². The molecule has 0 saturated carbocycles. The van der Waals surface area contributed by atoms with Crippen LogP contribution in [0.3, 0.4) is 0 Å². The van der Waals surface area contributed by atoms with Gasteiger partial charge in [-0.15, -0.1) is 0 Å². The molecule has 0 aliphatic heterocycles. The Morgan fingerprint density at radius 2 is 1.75 bits per heavy atom.